The number of rotatable bonds is 8. The predicted molar refractivity (Wildman–Crippen MR) is 78.5 cm³/mol. The normalized spacial score (nSPS) is 13.4. The minimum atomic E-state index is -3.77. The summed E-state index contributed by atoms with van der Waals surface area (Å²) in [7, 11) is -3.77. The molecule has 0 unspecified atom stereocenters. The van der Waals surface area contributed by atoms with Gasteiger partial charge in [0.1, 0.15) is 6.04 Å². The fourth-order valence-electron chi connectivity index (χ4n) is 1.61. The molecular formula is C14H19NO4S. The average molecular weight is 297 g/mol. The molecule has 0 aliphatic heterocycles. The summed E-state index contributed by atoms with van der Waals surface area (Å²) in [6.07, 6.45) is 3.18. The minimum Gasteiger partial charge on any atom is -0.480 e. The average Bonchev–Trinajstić information content (AvgIpc) is 2.42. The first-order valence-electron chi connectivity index (χ1n) is 6.43. The molecule has 5 nitrogen and oxygen atoms in total. The lowest BCUT2D eigenvalue weighted by atomic mass is 10.1. The number of benzene rings is 1. The maximum Gasteiger partial charge on any atom is 0.321 e. The number of hydrogen-bond acceptors (Lipinski definition) is 3. The van der Waals surface area contributed by atoms with Gasteiger partial charge in [0.25, 0.3) is 0 Å². The maximum atomic E-state index is 11.8. The SMILES string of the molecule is CCCC[C@H](NS(=O)(=O)/C=C/c1ccccc1)C(=O)O. The van der Waals surface area contributed by atoms with Gasteiger partial charge in [0.15, 0.2) is 0 Å². The van der Waals surface area contributed by atoms with Gasteiger partial charge in [-0.2, -0.15) is 4.72 Å². The lowest BCUT2D eigenvalue weighted by molar-refractivity contribution is -0.139. The van der Waals surface area contributed by atoms with E-state index in [1.54, 1.807) is 24.3 Å². The van der Waals surface area contributed by atoms with Crippen LogP contribution in [0.25, 0.3) is 6.08 Å². The van der Waals surface area contributed by atoms with Crippen LogP contribution >= 0.6 is 0 Å². The van der Waals surface area contributed by atoms with E-state index in [4.69, 9.17) is 5.11 Å². The molecule has 0 aromatic heterocycles. The largest absolute Gasteiger partial charge is 0.480 e. The van der Waals surface area contributed by atoms with Gasteiger partial charge in [-0.05, 0) is 18.1 Å². The van der Waals surface area contributed by atoms with Crippen LogP contribution in [0.4, 0.5) is 0 Å². The second kappa shape index (κ2) is 7.81. The molecule has 0 spiro atoms. The van der Waals surface area contributed by atoms with Gasteiger partial charge in [0.05, 0.1) is 0 Å². The number of carboxylic acids is 1. The van der Waals surface area contributed by atoms with Crippen molar-refractivity contribution in [3.05, 3.63) is 41.3 Å². The molecule has 0 aliphatic rings. The van der Waals surface area contributed by atoms with Crippen LogP contribution in [-0.4, -0.2) is 25.5 Å². The first-order valence-corrected chi connectivity index (χ1v) is 7.97. The number of aliphatic carboxylic acids is 1. The van der Waals surface area contributed by atoms with Crippen molar-refractivity contribution in [1.29, 1.82) is 0 Å². The fourth-order valence-corrected chi connectivity index (χ4v) is 2.64. The molecular weight excluding hydrogens is 278 g/mol. The van der Waals surface area contributed by atoms with Crippen molar-refractivity contribution in [1.82, 2.24) is 4.72 Å². The summed E-state index contributed by atoms with van der Waals surface area (Å²) in [5, 5.41) is 9.99. The van der Waals surface area contributed by atoms with Crippen molar-refractivity contribution >= 4 is 22.1 Å². The standard InChI is InChI=1S/C14H19NO4S/c1-2-3-9-13(14(16)17)15-20(18,19)11-10-12-7-5-4-6-8-12/h4-8,10-11,13,15H,2-3,9H2,1H3,(H,16,17)/b11-10+/t13-/m0/s1. The summed E-state index contributed by atoms with van der Waals surface area (Å²) < 4.78 is 25.8. The highest BCUT2D eigenvalue weighted by Crippen LogP contribution is 2.06. The topological polar surface area (TPSA) is 83.5 Å². The van der Waals surface area contributed by atoms with E-state index in [1.165, 1.54) is 6.08 Å². The van der Waals surface area contributed by atoms with E-state index in [-0.39, 0.29) is 6.42 Å². The third-order valence-electron chi connectivity index (χ3n) is 2.69. The van der Waals surface area contributed by atoms with Gasteiger partial charge in [-0.15, -0.1) is 0 Å². The Morgan fingerprint density at radius 3 is 2.55 bits per heavy atom. The van der Waals surface area contributed by atoms with Crippen molar-refractivity contribution in [3.63, 3.8) is 0 Å². The van der Waals surface area contributed by atoms with E-state index in [0.717, 1.165) is 17.4 Å². The highest BCUT2D eigenvalue weighted by molar-refractivity contribution is 7.92. The van der Waals surface area contributed by atoms with Gasteiger partial charge >= 0.3 is 5.97 Å². The van der Waals surface area contributed by atoms with Crippen LogP contribution in [0.5, 0.6) is 0 Å². The lowest BCUT2D eigenvalue weighted by Crippen LogP contribution is -2.39. The first-order chi connectivity index (χ1) is 9.44. The zero-order valence-electron chi connectivity index (χ0n) is 11.3. The molecule has 0 amide bonds. The molecule has 2 N–H and O–H groups in total. The van der Waals surface area contributed by atoms with Crippen molar-refractivity contribution in [2.45, 2.75) is 32.2 Å². The van der Waals surface area contributed by atoms with Crippen LogP contribution in [0.1, 0.15) is 31.7 Å². The number of hydrogen-bond donors (Lipinski definition) is 2. The molecule has 0 radical (unpaired) electrons. The number of sulfonamides is 1. The number of carboxylic acid groups (broad SMARTS) is 1. The molecule has 0 fully saturated rings. The van der Waals surface area contributed by atoms with Crippen LogP contribution in [-0.2, 0) is 14.8 Å². The molecule has 6 heteroatoms. The van der Waals surface area contributed by atoms with Crippen molar-refractivity contribution in [3.8, 4) is 0 Å². The summed E-state index contributed by atoms with van der Waals surface area (Å²) in [5.41, 5.74) is 0.735. The number of carbonyl (C=O) groups is 1. The Morgan fingerprint density at radius 1 is 1.35 bits per heavy atom. The van der Waals surface area contributed by atoms with Crippen LogP contribution in [0, 0.1) is 0 Å². The number of unbranched alkanes of at least 4 members (excludes halogenated alkanes) is 1. The van der Waals surface area contributed by atoms with Crippen LogP contribution in [0.3, 0.4) is 0 Å². The number of nitrogens with one attached hydrogen (secondary N) is 1. The van der Waals surface area contributed by atoms with Crippen molar-refractivity contribution < 1.29 is 18.3 Å². The smallest absolute Gasteiger partial charge is 0.321 e. The summed E-state index contributed by atoms with van der Waals surface area (Å²) in [6.45, 7) is 1.92. The van der Waals surface area contributed by atoms with Gasteiger partial charge in [-0.1, -0.05) is 50.1 Å². The molecule has 0 saturated carbocycles. The van der Waals surface area contributed by atoms with E-state index in [2.05, 4.69) is 4.72 Å². The van der Waals surface area contributed by atoms with Gasteiger partial charge in [0.2, 0.25) is 10.0 Å². The second-order valence-electron chi connectivity index (χ2n) is 4.41. The summed E-state index contributed by atoms with van der Waals surface area (Å²) in [6, 6.07) is 7.85. The Morgan fingerprint density at radius 2 is 2.00 bits per heavy atom. The molecule has 20 heavy (non-hydrogen) atoms. The van der Waals surface area contributed by atoms with E-state index in [1.807, 2.05) is 13.0 Å². The quantitative estimate of drug-likeness (QED) is 0.770. The third kappa shape index (κ3) is 5.99. The van der Waals surface area contributed by atoms with E-state index in [0.29, 0.717) is 6.42 Å². The highest BCUT2D eigenvalue weighted by atomic mass is 32.2. The summed E-state index contributed by atoms with van der Waals surface area (Å²) in [4.78, 5) is 11.0. The Kier molecular flexibility index (Phi) is 6.41. The molecule has 1 aromatic rings. The van der Waals surface area contributed by atoms with Gasteiger partial charge in [-0.3, -0.25) is 4.79 Å². The molecule has 1 atom stereocenters. The van der Waals surface area contributed by atoms with Crippen LogP contribution in [0.2, 0.25) is 0 Å². The molecule has 1 aromatic carbocycles. The minimum absolute atomic E-state index is 0.282. The Bertz CT molecular complexity index is 552. The summed E-state index contributed by atoms with van der Waals surface area (Å²) >= 11 is 0. The van der Waals surface area contributed by atoms with Crippen molar-refractivity contribution in [2.75, 3.05) is 0 Å². The molecule has 1 rings (SSSR count). The highest BCUT2D eigenvalue weighted by Gasteiger charge is 2.21. The molecule has 0 aliphatic carbocycles. The first kappa shape index (κ1) is 16.4. The van der Waals surface area contributed by atoms with E-state index in [9.17, 15) is 13.2 Å². The molecule has 0 heterocycles. The molecule has 0 saturated heterocycles. The van der Waals surface area contributed by atoms with Crippen LogP contribution in [0.15, 0.2) is 35.7 Å². The van der Waals surface area contributed by atoms with Crippen LogP contribution < -0.4 is 4.72 Å². The second-order valence-corrected chi connectivity index (χ2v) is 6.01. The molecule has 0 bridgehead atoms. The zero-order valence-corrected chi connectivity index (χ0v) is 12.1. The molecule has 110 valence electrons. The lowest BCUT2D eigenvalue weighted by Gasteiger charge is -2.12. The predicted octanol–water partition coefficient (Wildman–Crippen LogP) is 2.22. The van der Waals surface area contributed by atoms with Crippen molar-refractivity contribution in [2.24, 2.45) is 0 Å². The monoisotopic (exact) mass is 297 g/mol. The summed E-state index contributed by atoms with van der Waals surface area (Å²) in [5.74, 6) is -1.16. The maximum absolute atomic E-state index is 11.8. The Balaban J connectivity index is 2.72. The fraction of sp³-hybridized carbons (Fsp3) is 0.357. The zero-order chi connectivity index (χ0) is 15.0. The van der Waals surface area contributed by atoms with E-state index >= 15 is 0 Å². The third-order valence-corrected chi connectivity index (χ3v) is 3.80. The van der Waals surface area contributed by atoms with Gasteiger partial charge in [0, 0.05) is 5.41 Å². The Labute approximate surface area is 119 Å². The van der Waals surface area contributed by atoms with Gasteiger partial charge < -0.3 is 5.11 Å². The van der Waals surface area contributed by atoms with Gasteiger partial charge in [-0.25, -0.2) is 8.42 Å². The van der Waals surface area contributed by atoms with E-state index < -0.39 is 22.0 Å². The Hall–Kier alpha value is -1.66.